The van der Waals surface area contributed by atoms with Crippen molar-refractivity contribution in [2.45, 2.75) is 131 Å². The lowest BCUT2D eigenvalue weighted by Crippen LogP contribution is -2.72. The summed E-state index contributed by atoms with van der Waals surface area (Å²) in [7, 11) is 0. The molecule has 0 spiro atoms. The summed E-state index contributed by atoms with van der Waals surface area (Å²) in [6, 6.07) is 21.5. The van der Waals surface area contributed by atoms with Crippen molar-refractivity contribution in [3.63, 3.8) is 0 Å². The Morgan fingerprint density at radius 2 is 0.984 bits per heavy atom. The summed E-state index contributed by atoms with van der Waals surface area (Å²) >= 11 is 0. The van der Waals surface area contributed by atoms with E-state index in [9.17, 15) is 44.1 Å². The van der Waals surface area contributed by atoms with E-state index in [1.165, 1.54) is 0 Å². The topological polar surface area (TPSA) is 249 Å². The van der Waals surface area contributed by atoms with E-state index in [0.717, 1.165) is 11.3 Å². The number of imide groups is 2. The van der Waals surface area contributed by atoms with Gasteiger partial charge in [0, 0.05) is 58.9 Å². The number of rotatable bonds is 13. The van der Waals surface area contributed by atoms with Crippen molar-refractivity contribution in [2.24, 2.45) is 11.5 Å². The minimum atomic E-state index is -1.64. The molecule has 0 saturated carbocycles. The lowest BCUT2D eigenvalue weighted by molar-refractivity contribution is -0.144. The second-order valence-corrected chi connectivity index (χ2v) is 19.6. The van der Waals surface area contributed by atoms with Gasteiger partial charge in [-0.05, 0) is 91.6 Å². The third-order valence-corrected chi connectivity index (χ3v) is 15.8. The first-order valence-electron chi connectivity index (χ1n) is 22.2. The van der Waals surface area contributed by atoms with E-state index in [2.05, 4.69) is 25.3 Å². The molecule has 64 heavy (non-hydrogen) atoms. The van der Waals surface area contributed by atoms with Crippen molar-refractivity contribution >= 4 is 41.5 Å². The molecule has 6 amide bonds. The number of fused-ring (bicyclic) bond motifs is 6. The fourth-order valence-corrected chi connectivity index (χ4v) is 13.1. The number of nitrogens with one attached hydrogen (secondary N) is 2. The minimum absolute atomic E-state index is 0.0774. The Bertz CT molecular complexity index is 2240. The number of benzene rings is 3. The van der Waals surface area contributed by atoms with Crippen molar-refractivity contribution in [1.29, 1.82) is 0 Å². The molecular weight excluding hydrogens is 819 g/mol. The zero-order chi connectivity index (χ0) is 46.1. The summed E-state index contributed by atoms with van der Waals surface area (Å²) < 4.78 is 0. The number of nitrogens with zero attached hydrogens (tertiary/aromatic N) is 3. The third kappa shape index (κ3) is 6.50. The van der Waals surface area contributed by atoms with E-state index in [1.807, 2.05) is 100 Å². The molecule has 3 aromatic carbocycles. The number of nitrogens with two attached hydrogens (primary N) is 2. The predicted molar refractivity (Wildman–Crippen MR) is 236 cm³/mol. The van der Waals surface area contributed by atoms with Gasteiger partial charge in [0.2, 0.25) is 11.8 Å². The van der Waals surface area contributed by atoms with Crippen molar-refractivity contribution in [1.82, 2.24) is 20.4 Å². The van der Waals surface area contributed by atoms with Crippen LogP contribution in [0.15, 0.2) is 72.8 Å². The van der Waals surface area contributed by atoms with Crippen LogP contribution in [0.2, 0.25) is 0 Å². The number of anilines is 1. The van der Waals surface area contributed by atoms with Crippen LogP contribution in [0, 0.1) is 0 Å². The highest BCUT2D eigenvalue weighted by Crippen LogP contribution is 2.58. The largest absolute Gasteiger partial charge is 0.465 e. The Hall–Kier alpha value is -5.84. The van der Waals surface area contributed by atoms with E-state index < -0.39 is 63.1 Å². The highest BCUT2D eigenvalue weighted by atomic mass is 16.4. The summed E-state index contributed by atoms with van der Waals surface area (Å²) in [5, 5.41) is 34.8. The number of likely N-dealkylation sites (tertiary alicyclic amines) is 2. The molecule has 4 aliphatic carbocycles. The highest BCUT2D eigenvalue weighted by molar-refractivity contribution is 6.01. The molecule has 3 aliphatic heterocycles. The molecule has 4 unspecified atom stereocenters. The molecule has 4 bridgehead atoms. The second-order valence-electron chi connectivity index (χ2n) is 19.6. The molecule has 3 heterocycles. The van der Waals surface area contributed by atoms with Crippen molar-refractivity contribution in [2.75, 3.05) is 24.6 Å². The van der Waals surface area contributed by atoms with Crippen LogP contribution in [0.25, 0.3) is 0 Å². The van der Waals surface area contributed by atoms with Gasteiger partial charge in [-0.15, -0.1) is 0 Å². The van der Waals surface area contributed by atoms with E-state index in [0.29, 0.717) is 73.9 Å². The third-order valence-electron chi connectivity index (χ3n) is 15.8. The molecule has 9 N–H and O–H groups in total. The van der Waals surface area contributed by atoms with Crippen LogP contribution in [-0.2, 0) is 46.5 Å². The van der Waals surface area contributed by atoms with Crippen LogP contribution < -0.4 is 27.0 Å². The van der Waals surface area contributed by atoms with Gasteiger partial charge in [-0.2, -0.15) is 0 Å². The summed E-state index contributed by atoms with van der Waals surface area (Å²) in [5.41, 5.74) is 9.86. The standard InChI is InChI=1S/C48H59N7O9/c1-44(2,27-56)28-17-19-33(20-18-28)55-36(34-7-5-23-53(34)47(40(59)51-42(61)62)31-13-9-29(10-14-31)45(47,3)25-38(49)57)21-22-37(55)35-8-6-24-54(35)48(41(60)52-43(63)64)32-15-11-30(12-16-32)46(48,4)26-39(50)58/h9-20,34-37,56H,5-8,21-27H2,1-4H3,(H2,49,57)(H2,50,58)(H,51,59)(H,52,60)(H,61,62)(H,63,64)/t34?,35?,36-,37-,45?,46?,47+,48+/m0/s1. The van der Waals surface area contributed by atoms with E-state index in [4.69, 9.17) is 11.5 Å². The second kappa shape index (κ2) is 16.0. The Morgan fingerprint density at radius 3 is 1.33 bits per heavy atom. The van der Waals surface area contributed by atoms with Crippen molar-refractivity contribution < 1.29 is 44.1 Å². The molecule has 16 nitrogen and oxygen atoms in total. The van der Waals surface area contributed by atoms with Crippen LogP contribution in [0.4, 0.5) is 15.3 Å². The minimum Gasteiger partial charge on any atom is -0.465 e. The number of aliphatic hydroxyl groups excluding tert-OH is 1. The molecule has 7 aliphatic rings. The monoisotopic (exact) mass is 877 g/mol. The number of primary amides is 2. The molecule has 340 valence electrons. The molecule has 10 rings (SSSR count). The van der Waals surface area contributed by atoms with Gasteiger partial charge in [0.05, 0.1) is 6.61 Å². The van der Waals surface area contributed by atoms with Gasteiger partial charge < -0.3 is 31.7 Å². The number of carbonyl (C=O) groups is 6. The summed E-state index contributed by atoms with van der Waals surface area (Å²) in [6.45, 7) is 8.29. The van der Waals surface area contributed by atoms with Crippen molar-refractivity contribution in [3.8, 4) is 0 Å². The zero-order valence-corrected chi connectivity index (χ0v) is 36.8. The first-order valence-corrected chi connectivity index (χ1v) is 22.2. The number of carboxylic acid groups (broad SMARTS) is 2. The summed E-state index contributed by atoms with van der Waals surface area (Å²) in [6.07, 6.45) is 0.383. The van der Waals surface area contributed by atoms with Crippen LogP contribution in [0.3, 0.4) is 0 Å². The fraction of sp³-hybridized carbons (Fsp3) is 0.500. The number of aliphatic hydroxyl groups is 1. The quantitative estimate of drug-likeness (QED) is 0.129. The SMILES string of the molecule is CC(C)(CO)c1ccc(N2[C@H](C3CCCN3[C@@]3(C(=O)NC(=O)O)c4ccc(cc4)C3(C)CC(N)=O)CC[C@H]2C2CCCN2[C@@]2(C(=O)NC(=O)O)c3ccc(cc3)C2(C)CC(N)=O)cc1. The van der Waals surface area contributed by atoms with Crippen LogP contribution in [0.5, 0.6) is 0 Å². The molecule has 3 saturated heterocycles. The molecular formula is C48H59N7O9. The predicted octanol–water partition coefficient (Wildman–Crippen LogP) is 3.90. The maximum absolute atomic E-state index is 14.9. The first kappa shape index (κ1) is 44.8. The first-order chi connectivity index (χ1) is 30.3. The van der Waals surface area contributed by atoms with E-state index >= 15 is 0 Å². The Balaban J connectivity index is 1.29. The van der Waals surface area contributed by atoms with Crippen LogP contribution in [0.1, 0.15) is 107 Å². The maximum atomic E-state index is 14.9. The normalized spacial score (nSPS) is 31.0. The number of hydrogen-bond donors (Lipinski definition) is 7. The van der Waals surface area contributed by atoms with Crippen LogP contribution in [-0.4, -0.2) is 105 Å². The van der Waals surface area contributed by atoms with Gasteiger partial charge >= 0.3 is 12.2 Å². The lowest BCUT2D eigenvalue weighted by atomic mass is 9.56. The van der Waals surface area contributed by atoms with E-state index in [-0.39, 0.29) is 43.6 Å². The van der Waals surface area contributed by atoms with Gasteiger partial charge in [0.25, 0.3) is 11.8 Å². The lowest BCUT2D eigenvalue weighted by Gasteiger charge is -2.58. The van der Waals surface area contributed by atoms with Gasteiger partial charge in [0.1, 0.15) is 11.1 Å². The van der Waals surface area contributed by atoms with Gasteiger partial charge in [-0.3, -0.25) is 39.6 Å². The molecule has 8 atom stereocenters. The van der Waals surface area contributed by atoms with Crippen LogP contribution >= 0.6 is 0 Å². The summed E-state index contributed by atoms with van der Waals surface area (Å²) in [4.78, 5) is 87.1. The highest BCUT2D eigenvalue weighted by Gasteiger charge is 2.67. The maximum Gasteiger partial charge on any atom is 0.411 e. The average Bonchev–Trinajstić information content (AvgIpc) is 4.01. The van der Waals surface area contributed by atoms with E-state index in [1.54, 1.807) is 0 Å². The molecule has 3 fully saturated rings. The van der Waals surface area contributed by atoms with Crippen molar-refractivity contribution in [3.05, 3.63) is 101 Å². The smallest absolute Gasteiger partial charge is 0.411 e. The molecule has 0 aromatic heterocycles. The van der Waals surface area contributed by atoms with Gasteiger partial charge in [-0.25, -0.2) is 9.59 Å². The number of amides is 6. The molecule has 3 aromatic rings. The Kier molecular flexibility index (Phi) is 11.2. The molecule has 16 heteroatoms. The molecule has 0 radical (unpaired) electrons. The number of carbonyl (C=O) groups excluding carboxylic acids is 4. The Morgan fingerprint density at radius 1 is 0.609 bits per heavy atom. The zero-order valence-electron chi connectivity index (χ0n) is 36.8. The van der Waals surface area contributed by atoms with Gasteiger partial charge in [-0.1, -0.05) is 88.4 Å². The van der Waals surface area contributed by atoms with Gasteiger partial charge in [0.15, 0.2) is 0 Å². The summed E-state index contributed by atoms with van der Waals surface area (Å²) in [5.74, 6) is -2.80. The fourth-order valence-electron chi connectivity index (χ4n) is 13.1. The Labute approximate surface area is 372 Å². The average molecular weight is 878 g/mol. The number of hydrogen-bond acceptors (Lipinski definition) is 10.